The van der Waals surface area contributed by atoms with Gasteiger partial charge in [-0.3, -0.25) is 0 Å². The van der Waals surface area contributed by atoms with E-state index >= 15 is 0 Å². The fourth-order valence-electron chi connectivity index (χ4n) is 3.38. The number of hydrogen-bond acceptors (Lipinski definition) is 6. The Morgan fingerprint density at radius 2 is 1.89 bits per heavy atom. The third kappa shape index (κ3) is 4.88. The van der Waals surface area contributed by atoms with Crippen LogP contribution < -0.4 is 4.74 Å². The van der Waals surface area contributed by atoms with Gasteiger partial charge in [0.15, 0.2) is 5.76 Å². The molecule has 0 saturated carbocycles. The minimum absolute atomic E-state index is 0.215. The first kappa shape index (κ1) is 19.9. The summed E-state index contributed by atoms with van der Waals surface area (Å²) in [4.78, 5) is 2.52. The van der Waals surface area contributed by atoms with Gasteiger partial charge in [0.1, 0.15) is 16.3 Å². The molecule has 0 atom stereocenters. The molecule has 1 saturated heterocycles. The molecule has 0 unspecified atom stereocenters. The number of rotatable bonds is 7. The van der Waals surface area contributed by atoms with E-state index < -0.39 is 10.0 Å². The molecule has 27 heavy (non-hydrogen) atoms. The van der Waals surface area contributed by atoms with Crippen LogP contribution in [0.1, 0.15) is 24.3 Å². The number of aryl methyl sites for hydroxylation is 2. The van der Waals surface area contributed by atoms with E-state index in [4.69, 9.17) is 9.26 Å². The lowest BCUT2D eigenvalue weighted by Gasteiger charge is -2.21. The van der Waals surface area contributed by atoms with Crippen LogP contribution in [0.25, 0.3) is 0 Å². The maximum atomic E-state index is 13.0. The minimum atomic E-state index is -3.56. The van der Waals surface area contributed by atoms with E-state index in [1.165, 1.54) is 0 Å². The molecular weight excluding hydrogens is 366 g/mol. The molecule has 0 spiro atoms. The highest BCUT2D eigenvalue weighted by Gasteiger charge is 2.32. The van der Waals surface area contributed by atoms with E-state index in [2.05, 4.69) is 10.1 Å². The van der Waals surface area contributed by atoms with E-state index in [0.717, 1.165) is 31.7 Å². The van der Waals surface area contributed by atoms with Gasteiger partial charge >= 0.3 is 0 Å². The van der Waals surface area contributed by atoms with Gasteiger partial charge in [-0.05, 0) is 45.4 Å². The number of sulfonamides is 1. The number of para-hydroxylation sites is 1. The Morgan fingerprint density at radius 3 is 2.59 bits per heavy atom. The molecule has 7 nitrogen and oxygen atoms in total. The number of hydrogen-bond donors (Lipinski definition) is 0. The molecule has 0 bridgehead atoms. The molecule has 0 amide bonds. The zero-order valence-electron chi connectivity index (χ0n) is 15.9. The Morgan fingerprint density at radius 1 is 1.11 bits per heavy atom. The predicted molar refractivity (Wildman–Crippen MR) is 102 cm³/mol. The smallest absolute Gasteiger partial charge is 0.248 e. The summed E-state index contributed by atoms with van der Waals surface area (Å²) >= 11 is 0. The van der Waals surface area contributed by atoms with Crippen LogP contribution in [0.15, 0.2) is 39.8 Å². The van der Waals surface area contributed by atoms with E-state index in [-0.39, 0.29) is 4.90 Å². The third-order valence-corrected chi connectivity index (χ3v) is 6.89. The Kier molecular flexibility index (Phi) is 6.51. The van der Waals surface area contributed by atoms with Crippen molar-refractivity contribution in [2.45, 2.75) is 31.6 Å². The fourth-order valence-corrected chi connectivity index (χ4v) is 5.14. The minimum Gasteiger partial charge on any atom is -0.494 e. The summed E-state index contributed by atoms with van der Waals surface area (Å²) in [6.07, 6.45) is 1.72. The molecule has 1 aromatic heterocycles. The maximum absolute atomic E-state index is 13.0. The standard InChI is InChI=1S/C19H27N3O4S/c1-16-19(17(2)26-20-16)27(23,24)22-12-6-10-21(13-14-22)11-7-15-25-18-8-4-3-5-9-18/h3-5,8-9H,6-7,10-15H2,1-2H3. The highest BCUT2D eigenvalue weighted by Crippen LogP contribution is 2.24. The van der Waals surface area contributed by atoms with Crippen molar-refractivity contribution in [3.8, 4) is 5.75 Å². The summed E-state index contributed by atoms with van der Waals surface area (Å²) in [5.41, 5.74) is 0.423. The molecule has 148 valence electrons. The molecule has 1 fully saturated rings. The van der Waals surface area contributed by atoms with Crippen LogP contribution in [0.3, 0.4) is 0 Å². The monoisotopic (exact) mass is 393 g/mol. The van der Waals surface area contributed by atoms with Gasteiger partial charge in [-0.2, -0.15) is 4.31 Å². The molecular formula is C19H27N3O4S. The van der Waals surface area contributed by atoms with Gasteiger partial charge in [0.2, 0.25) is 10.0 Å². The van der Waals surface area contributed by atoms with Crippen molar-refractivity contribution >= 4 is 10.0 Å². The van der Waals surface area contributed by atoms with E-state index in [0.29, 0.717) is 37.7 Å². The lowest BCUT2D eigenvalue weighted by atomic mass is 10.3. The van der Waals surface area contributed by atoms with Crippen LogP contribution in [-0.2, 0) is 10.0 Å². The summed E-state index contributed by atoms with van der Waals surface area (Å²) < 4.78 is 38.2. The Hall–Kier alpha value is -1.90. The molecule has 2 aromatic rings. The van der Waals surface area contributed by atoms with Crippen LogP contribution in [0.4, 0.5) is 0 Å². The van der Waals surface area contributed by atoms with E-state index in [1.54, 1.807) is 18.2 Å². The zero-order valence-corrected chi connectivity index (χ0v) is 16.7. The summed E-state index contributed by atoms with van der Waals surface area (Å²) in [5, 5.41) is 3.79. The number of nitrogens with zero attached hydrogens (tertiary/aromatic N) is 3. The highest BCUT2D eigenvalue weighted by atomic mass is 32.2. The summed E-state index contributed by atoms with van der Waals surface area (Å²) in [6, 6.07) is 9.77. The predicted octanol–water partition coefficient (Wildman–Crippen LogP) is 2.46. The van der Waals surface area contributed by atoms with Gasteiger partial charge < -0.3 is 14.2 Å². The van der Waals surface area contributed by atoms with Crippen molar-refractivity contribution in [2.24, 2.45) is 0 Å². The van der Waals surface area contributed by atoms with Crippen molar-refractivity contribution in [3.63, 3.8) is 0 Å². The normalized spacial score (nSPS) is 17.0. The summed E-state index contributed by atoms with van der Waals surface area (Å²) in [5.74, 6) is 1.23. The molecule has 0 aliphatic carbocycles. The van der Waals surface area contributed by atoms with Crippen molar-refractivity contribution in [3.05, 3.63) is 41.8 Å². The second kappa shape index (κ2) is 8.86. The molecule has 2 heterocycles. The number of aromatic nitrogens is 1. The lowest BCUT2D eigenvalue weighted by molar-refractivity contribution is 0.241. The Balaban J connectivity index is 1.50. The molecule has 0 radical (unpaired) electrons. The fraction of sp³-hybridized carbons (Fsp3) is 0.526. The van der Waals surface area contributed by atoms with Crippen molar-refractivity contribution < 1.29 is 17.7 Å². The second-order valence-electron chi connectivity index (χ2n) is 6.77. The first-order valence-corrected chi connectivity index (χ1v) is 10.8. The molecule has 1 aromatic carbocycles. The largest absolute Gasteiger partial charge is 0.494 e. The van der Waals surface area contributed by atoms with Crippen molar-refractivity contribution in [2.75, 3.05) is 39.3 Å². The molecule has 3 rings (SSSR count). The van der Waals surface area contributed by atoms with Crippen molar-refractivity contribution in [1.82, 2.24) is 14.4 Å². The van der Waals surface area contributed by atoms with Gasteiger partial charge in [-0.15, -0.1) is 0 Å². The van der Waals surface area contributed by atoms with Gasteiger partial charge in [0, 0.05) is 26.2 Å². The van der Waals surface area contributed by atoms with Crippen LogP contribution in [-0.4, -0.2) is 62.1 Å². The Labute approximate surface area is 160 Å². The van der Waals surface area contributed by atoms with E-state index in [9.17, 15) is 8.42 Å². The van der Waals surface area contributed by atoms with Crippen LogP contribution in [0.2, 0.25) is 0 Å². The SMILES string of the molecule is Cc1noc(C)c1S(=O)(=O)N1CCCN(CCCOc2ccccc2)CC1. The first-order valence-electron chi connectivity index (χ1n) is 9.31. The van der Waals surface area contributed by atoms with Crippen LogP contribution in [0.5, 0.6) is 5.75 Å². The van der Waals surface area contributed by atoms with E-state index in [1.807, 2.05) is 30.3 Å². The summed E-state index contributed by atoms with van der Waals surface area (Å²) in [7, 11) is -3.56. The molecule has 1 aliphatic rings. The highest BCUT2D eigenvalue weighted by molar-refractivity contribution is 7.89. The topological polar surface area (TPSA) is 75.9 Å². The van der Waals surface area contributed by atoms with Gasteiger partial charge in [0.25, 0.3) is 0 Å². The number of benzene rings is 1. The lowest BCUT2D eigenvalue weighted by Crippen LogP contribution is -2.36. The van der Waals surface area contributed by atoms with Crippen LogP contribution in [0, 0.1) is 13.8 Å². The third-order valence-electron chi connectivity index (χ3n) is 4.74. The molecule has 0 N–H and O–H groups in total. The average molecular weight is 394 g/mol. The average Bonchev–Trinajstić information content (AvgIpc) is 2.85. The number of ether oxygens (including phenoxy) is 1. The van der Waals surface area contributed by atoms with Gasteiger partial charge in [0.05, 0.1) is 6.61 Å². The molecule has 8 heteroatoms. The summed E-state index contributed by atoms with van der Waals surface area (Å²) in [6.45, 7) is 7.46. The van der Waals surface area contributed by atoms with Gasteiger partial charge in [-0.1, -0.05) is 23.4 Å². The quantitative estimate of drug-likeness (QED) is 0.673. The van der Waals surface area contributed by atoms with Crippen LogP contribution >= 0.6 is 0 Å². The first-order chi connectivity index (χ1) is 13.0. The second-order valence-corrected chi connectivity index (χ2v) is 8.64. The van der Waals surface area contributed by atoms with Gasteiger partial charge in [-0.25, -0.2) is 8.42 Å². The zero-order chi connectivity index (χ0) is 19.3. The molecule has 1 aliphatic heterocycles. The maximum Gasteiger partial charge on any atom is 0.248 e. The Bertz CT molecular complexity index is 816. The van der Waals surface area contributed by atoms with Crippen molar-refractivity contribution in [1.29, 1.82) is 0 Å².